The molecule has 14 heteroatoms. The van der Waals surface area contributed by atoms with Gasteiger partial charge in [0.15, 0.2) is 11.6 Å². The molecule has 2 aliphatic rings. The van der Waals surface area contributed by atoms with Gasteiger partial charge in [0, 0.05) is 122 Å². The summed E-state index contributed by atoms with van der Waals surface area (Å²) in [4.78, 5) is 41.0. The first-order valence-electron chi connectivity index (χ1n) is 48.0. The van der Waals surface area contributed by atoms with E-state index in [-0.39, 0.29) is 132 Å². The summed E-state index contributed by atoms with van der Waals surface area (Å²) in [6, 6.07) is 56.4. The summed E-state index contributed by atoms with van der Waals surface area (Å²) < 4.78 is 145. The van der Waals surface area contributed by atoms with E-state index in [0.717, 1.165) is 126 Å². The molecule has 2 saturated carbocycles. The maximum absolute atomic E-state index is 12.9. The van der Waals surface area contributed by atoms with Gasteiger partial charge in [-0.05, 0) is 198 Å². The standard InChI is InChI=1S/2C22H22N.2C18H16N.C14H24F2O2.C13H22F2O2.2CH4.2Ir/c2*1-15-11-16(2)13-20(12-15)22-21-8-7-18(17-5-3-4-6-17)14-19(21)9-10-23-22;2*1-12-4-5-17-15(9-12)6-7-19-18(17)16-10-13(2)8-14(3)11-16;1-5-10(6-2)12(17)8-13(18)11(7-3)9-14(4,15)16;1-4-9(5-2)11(16)8-12(17)10(6-3)7-13(14)15;;;;/h2*7-12,14,17H,3-6H2,1-2H3;2*4-10H,1-3H3;8,10-11,18H,5-7,9H2,1-4H3;8-10,13,17H,4-7H2,1-3H3;2*1H4;;/q4*-1;;;;;;/i2D3,9D,10D;1D3,10D;6D,7D;7D;;;;;;. The van der Waals surface area contributed by atoms with Crippen LogP contribution < -0.4 is 0 Å². The molecule has 0 spiro atoms. The Morgan fingerprint density at radius 1 is 0.431 bits per heavy atom. The molecule has 0 bridgehead atoms. The number of halogens is 4. The largest absolute Gasteiger partial charge is 0.512 e. The number of fused-ring (bicyclic) bond motifs is 4. The van der Waals surface area contributed by atoms with Gasteiger partial charge in [0.1, 0.15) is 0 Å². The van der Waals surface area contributed by atoms with Crippen molar-refractivity contribution < 1.29 is 94.0 Å². The molecule has 2 atom stereocenters. The van der Waals surface area contributed by atoms with E-state index in [1.807, 2.05) is 118 Å². The van der Waals surface area contributed by atoms with Crippen LogP contribution in [-0.2, 0) is 49.8 Å². The van der Waals surface area contributed by atoms with Crippen molar-refractivity contribution in [3.05, 3.63) is 285 Å². The average Bonchev–Trinajstić information content (AvgIpc) is 1.30. The number of alkyl halides is 4. The molecule has 660 valence electrons. The van der Waals surface area contributed by atoms with Gasteiger partial charge < -0.3 is 30.1 Å². The van der Waals surface area contributed by atoms with E-state index in [0.29, 0.717) is 84.4 Å². The summed E-state index contributed by atoms with van der Waals surface area (Å²) in [6.45, 7) is 23.3. The van der Waals surface area contributed by atoms with Crippen molar-refractivity contribution in [3.63, 3.8) is 0 Å². The molecule has 2 N–H and O–H groups in total. The van der Waals surface area contributed by atoms with Crippen molar-refractivity contribution in [1.29, 1.82) is 0 Å². The molecule has 0 saturated heterocycles. The van der Waals surface area contributed by atoms with Crippen LogP contribution in [0.2, 0.25) is 0 Å². The van der Waals surface area contributed by atoms with Crippen molar-refractivity contribution in [2.45, 2.75) is 259 Å². The van der Waals surface area contributed by atoms with Crippen LogP contribution in [0, 0.1) is 117 Å². The Labute approximate surface area is 776 Å². The Balaban J connectivity index is 0.000000288. The van der Waals surface area contributed by atoms with Crippen LogP contribution in [0.25, 0.3) is 88.1 Å². The van der Waals surface area contributed by atoms with Crippen molar-refractivity contribution in [1.82, 2.24) is 19.9 Å². The number of pyridine rings is 4. The van der Waals surface area contributed by atoms with E-state index in [2.05, 4.69) is 119 Å². The average molecular weight is 2030 g/mol. The predicted octanol–water partition coefficient (Wildman–Crippen LogP) is 31.1. The normalized spacial score (nSPS) is 14.9. The molecular weight excluding hydrogens is 1890 g/mol. The Bertz CT molecular complexity index is 6060. The van der Waals surface area contributed by atoms with Gasteiger partial charge in [0.05, 0.1) is 19.7 Å². The van der Waals surface area contributed by atoms with E-state index in [4.69, 9.17) is 16.4 Å². The minimum Gasteiger partial charge on any atom is -0.512 e. The van der Waals surface area contributed by atoms with Crippen LogP contribution in [0.15, 0.2) is 194 Å². The quantitative estimate of drug-likeness (QED) is 0.0297. The fourth-order valence-electron chi connectivity index (χ4n) is 16.0. The first-order chi connectivity index (χ1) is 61.7. The third-order valence-corrected chi connectivity index (χ3v) is 22.3. The molecule has 8 nitrogen and oxygen atoms in total. The molecule has 2 unspecified atom stereocenters. The molecular formula is C109H130F4Ir2N4O4-4. The summed E-state index contributed by atoms with van der Waals surface area (Å²) in [5, 5.41) is 26.7. The van der Waals surface area contributed by atoms with Crippen LogP contribution in [-0.4, -0.2) is 54.1 Å². The molecule has 0 amide bonds. The van der Waals surface area contributed by atoms with Crippen LogP contribution in [0.1, 0.15) is 261 Å². The molecule has 8 aromatic carbocycles. The van der Waals surface area contributed by atoms with Crippen LogP contribution in [0.4, 0.5) is 17.6 Å². The number of benzene rings is 8. The van der Waals surface area contributed by atoms with Crippen molar-refractivity contribution in [3.8, 4) is 45.0 Å². The van der Waals surface area contributed by atoms with E-state index < -0.39 is 50.7 Å². The van der Waals surface area contributed by atoms with E-state index in [1.165, 1.54) is 60.8 Å². The molecule has 0 aliphatic heterocycles. The molecule has 2 radical (unpaired) electrons. The van der Waals surface area contributed by atoms with Crippen molar-refractivity contribution >= 4 is 54.7 Å². The topological polar surface area (TPSA) is 126 Å². The number of nitrogens with zero attached hydrogens (tertiary/aromatic N) is 4. The number of hydrogen-bond donors (Lipinski definition) is 2. The second-order valence-corrected chi connectivity index (χ2v) is 32.2. The van der Waals surface area contributed by atoms with Gasteiger partial charge in [-0.15, -0.1) is 140 Å². The van der Waals surface area contributed by atoms with Crippen LogP contribution in [0.5, 0.6) is 0 Å². The van der Waals surface area contributed by atoms with Gasteiger partial charge in [-0.25, -0.2) is 17.6 Å². The monoisotopic (exact) mass is 2030 g/mol. The zero-order chi connectivity index (χ0) is 96.4. The number of aryl methyl sites for hydroxylation is 10. The molecule has 4 aromatic heterocycles. The number of carbonyl (C=O) groups is 2. The minimum atomic E-state index is -2.83. The van der Waals surface area contributed by atoms with Gasteiger partial charge in [0.25, 0.3) is 0 Å². The van der Waals surface area contributed by atoms with Crippen molar-refractivity contribution in [2.75, 3.05) is 0 Å². The second-order valence-electron chi connectivity index (χ2n) is 32.2. The SMILES string of the molecule is C.C.CCC(CC)C(=O)C=C(O)C(CC)CC(C)(F)F.CCC(CC)C(=O)C=C(O)C(CC)CC(F)F.[2H]c1cc2cc(C)ccc2c(-c2[c-]c(C)cc(C)c2)n1.[2H]c1cc2cc(C3CCCC3)ccc2c(-c2[c-]c(C)cc(C([2H])([2H])[2H])c2)n1.[2H]c1nc(-c2[c-]c(C([2H])([2H])[2H])cc(C)c2)c2ccc(C3CCCC3)cc2c1[2H].[2H]c1nc(-c2[c-]c(C)cc(C)c2)c2ccc(C)cc2c1[2H].[Ir].[Ir]. The second kappa shape index (κ2) is 50.1. The third-order valence-electron chi connectivity index (χ3n) is 22.3. The van der Waals surface area contributed by atoms with Gasteiger partial charge in [-0.2, -0.15) is 0 Å². The summed E-state index contributed by atoms with van der Waals surface area (Å²) in [6.07, 6.45) is 12.8. The Morgan fingerprint density at radius 3 is 1.14 bits per heavy atom. The molecule has 14 rings (SSSR count). The summed E-state index contributed by atoms with van der Waals surface area (Å²) in [7, 11) is 0. The molecule has 12 aromatic rings. The van der Waals surface area contributed by atoms with Crippen molar-refractivity contribution in [2.24, 2.45) is 23.7 Å². The van der Waals surface area contributed by atoms with Gasteiger partial charge >= 0.3 is 0 Å². The Kier molecular flexibility index (Phi) is 35.0. The minimum absolute atomic E-state index is 0. The first-order valence-corrected chi connectivity index (χ1v) is 42.0. The van der Waals surface area contributed by atoms with Gasteiger partial charge in [0.2, 0.25) is 12.3 Å². The van der Waals surface area contributed by atoms with Gasteiger partial charge in [-0.1, -0.05) is 221 Å². The number of allylic oxidation sites excluding steroid dienone is 4. The number of aliphatic hydroxyl groups is 2. The molecule has 123 heavy (non-hydrogen) atoms. The Morgan fingerprint density at radius 2 is 0.756 bits per heavy atom. The van der Waals surface area contributed by atoms with E-state index in [9.17, 15) is 37.4 Å². The molecule has 2 fully saturated rings. The zero-order valence-corrected chi connectivity index (χ0v) is 77.2. The maximum Gasteiger partial charge on any atom is 0.246 e. The third kappa shape index (κ3) is 30.3. The van der Waals surface area contributed by atoms with Gasteiger partial charge in [-0.3, -0.25) is 9.59 Å². The Hall–Kier alpha value is -9.16. The van der Waals surface area contributed by atoms with Crippen LogP contribution >= 0.6 is 0 Å². The number of ketones is 2. The number of carbonyl (C=O) groups excluding carboxylic acids is 2. The molecule has 4 heterocycles. The number of rotatable bonds is 22. The fourth-order valence-corrected chi connectivity index (χ4v) is 16.0. The first kappa shape index (κ1) is 86.0. The fraction of sp³-hybridized carbons (Fsp3) is 0.394. The number of aliphatic hydroxyl groups excluding tert-OH is 2. The van der Waals surface area contributed by atoms with E-state index >= 15 is 0 Å². The zero-order valence-electron chi connectivity index (χ0n) is 84.4. The predicted molar refractivity (Wildman–Crippen MR) is 500 cm³/mol. The summed E-state index contributed by atoms with van der Waals surface area (Å²) in [5.41, 5.74) is 17.0. The van der Waals surface area contributed by atoms with Crippen LogP contribution in [0.3, 0.4) is 0 Å². The summed E-state index contributed by atoms with van der Waals surface area (Å²) >= 11 is 0. The maximum atomic E-state index is 12.9. The number of aromatic nitrogens is 4. The molecule has 2 aliphatic carbocycles. The number of hydrogen-bond acceptors (Lipinski definition) is 8. The summed E-state index contributed by atoms with van der Waals surface area (Å²) in [5.74, 6) is -3.99. The van der Waals surface area contributed by atoms with E-state index in [1.54, 1.807) is 38.1 Å². The smallest absolute Gasteiger partial charge is 0.246 e.